The number of hydrogen-bond acceptors (Lipinski definition) is 5. The lowest BCUT2D eigenvalue weighted by molar-refractivity contribution is -0.125. The Morgan fingerprint density at radius 1 is 1.17 bits per heavy atom. The van der Waals surface area contributed by atoms with Gasteiger partial charge in [0.15, 0.2) is 0 Å². The van der Waals surface area contributed by atoms with Gasteiger partial charge in [0.2, 0.25) is 11.8 Å². The first-order valence-electron chi connectivity index (χ1n) is 9.49. The number of rotatable bonds is 5. The van der Waals surface area contributed by atoms with Crippen LogP contribution < -0.4 is 20.1 Å². The van der Waals surface area contributed by atoms with Gasteiger partial charge in [-0.25, -0.2) is 4.68 Å². The van der Waals surface area contributed by atoms with Gasteiger partial charge in [0, 0.05) is 17.2 Å². The standard InChI is InChI=1S/C22H22N4O4/c1-13-20(14-7-5-4-6-8-14)25-26-17(12-19(27)24-21(13)26)22(28)23-16-11-15(29-2)9-10-18(16)30-3/h4-11,17H,12H2,1-3H3,(H,23,28)(H,24,27)/t17-/m1/s1. The Bertz CT molecular complexity index is 1110. The third-order valence-electron chi connectivity index (χ3n) is 5.09. The fourth-order valence-corrected chi connectivity index (χ4v) is 3.54. The molecule has 4 rings (SSSR count). The molecule has 0 spiro atoms. The molecule has 1 aliphatic rings. The van der Waals surface area contributed by atoms with Crippen molar-refractivity contribution in [3.05, 3.63) is 54.1 Å². The van der Waals surface area contributed by atoms with Gasteiger partial charge in [-0.2, -0.15) is 5.10 Å². The summed E-state index contributed by atoms with van der Waals surface area (Å²) in [6.07, 6.45) is -0.0134. The molecule has 0 saturated heterocycles. The minimum absolute atomic E-state index is 0.0134. The Kier molecular flexibility index (Phi) is 5.14. The highest BCUT2D eigenvalue weighted by Gasteiger charge is 2.34. The van der Waals surface area contributed by atoms with E-state index in [1.54, 1.807) is 30.0 Å². The van der Waals surface area contributed by atoms with Crippen molar-refractivity contribution in [1.82, 2.24) is 9.78 Å². The lowest BCUT2D eigenvalue weighted by atomic mass is 10.1. The molecule has 2 amide bonds. The second-order valence-electron chi connectivity index (χ2n) is 6.96. The van der Waals surface area contributed by atoms with Crippen molar-refractivity contribution in [3.63, 3.8) is 0 Å². The van der Waals surface area contributed by atoms with E-state index in [4.69, 9.17) is 9.47 Å². The quantitative estimate of drug-likeness (QED) is 0.677. The predicted molar refractivity (Wildman–Crippen MR) is 113 cm³/mol. The molecule has 0 fully saturated rings. The summed E-state index contributed by atoms with van der Waals surface area (Å²) in [6, 6.07) is 14.0. The molecule has 0 radical (unpaired) electrons. The number of carbonyl (C=O) groups excluding carboxylic acids is 2. The van der Waals surface area contributed by atoms with Crippen molar-refractivity contribution < 1.29 is 19.1 Å². The zero-order valence-electron chi connectivity index (χ0n) is 16.9. The summed E-state index contributed by atoms with van der Waals surface area (Å²) in [4.78, 5) is 25.5. The fourth-order valence-electron chi connectivity index (χ4n) is 3.54. The van der Waals surface area contributed by atoms with Gasteiger partial charge in [0.25, 0.3) is 0 Å². The van der Waals surface area contributed by atoms with Gasteiger partial charge in [-0.15, -0.1) is 0 Å². The van der Waals surface area contributed by atoms with E-state index in [0.717, 1.165) is 16.8 Å². The van der Waals surface area contributed by atoms with E-state index in [2.05, 4.69) is 15.7 Å². The molecule has 1 aromatic heterocycles. The first-order chi connectivity index (χ1) is 14.5. The molecule has 0 bridgehead atoms. The van der Waals surface area contributed by atoms with Crippen molar-refractivity contribution in [2.75, 3.05) is 24.9 Å². The van der Waals surface area contributed by atoms with Crippen LogP contribution in [0, 0.1) is 6.92 Å². The van der Waals surface area contributed by atoms with Crippen molar-refractivity contribution >= 4 is 23.3 Å². The van der Waals surface area contributed by atoms with Gasteiger partial charge in [-0.3, -0.25) is 9.59 Å². The second kappa shape index (κ2) is 7.90. The number of nitrogens with one attached hydrogen (secondary N) is 2. The summed E-state index contributed by atoms with van der Waals surface area (Å²) in [7, 11) is 3.06. The molecule has 2 N–H and O–H groups in total. The molecule has 1 atom stereocenters. The molecule has 1 aliphatic heterocycles. The molecule has 0 aliphatic carbocycles. The molecular formula is C22H22N4O4. The fraction of sp³-hybridized carbons (Fsp3) is 0.227. The second-order valence-corrected chi connectivity index (χ2v) is 6.96. The minimum Gasteiger partial charge on any atom is -0.497 e. The smallest absolute Gasteiger partial charge is 0.249 e. The summed E-state index contributed by atoms with van der Waals surface area (Å²) in [5, 5.41) is 10.4. The van der Waals surface area contributed by atoms with Gasteiger partial charge < -0.3 is 20.1 Å². The Hall–Kier alpha value is -3.81. The van der Waals surface area contributed by atoms with Crippen LogP contribution in [0.25, 0.3) is 11.3 Å². The van der Waals surface area contributed by atoms with Crippen LogP contribution in [-0.2, 0) is 9.59 Å². The third-order valence-corrected chi connectivity index (χ3v) is 5.09. The van der Waals surface area contributed by atoms with Crippen LogP contribution in [0.1, 0.15) is 18.0 Å². The number of benzene rings is 2. The van der Waals surface area contributed by atoms with Crippen molar-refractivity contribution in [3.8, 4) is 22.8 Å². The van der Waals surface area contributed by atoms with Crippen LogP contribution in [0.5, 0.6) is 11.5 Å². The SMILES string of the molecule is COc1ccc(OC)c(NC(=O)[C@H]2CC(=O)Nc3c(C)c(-c4ccccc4)nn32)c1. The molecule has 2 aromatic carbocycles. The van der Waals surface area contributed by atoms with E-state index >= 15 is 0 Å². The Morgan fingerprint density at radius 2 is 1.93 bits per heavy atom. The van der Waals surface area contributed by atoms with Crippen LogP contribution in [0.3, 0.4) is 0 Å². The molecule has 3 aromatic rings. The first kappa shape index (κ1) is 19.5. The maximum atomic E-state index is 13.2. The highest BCUT2D eigenvalue weighted by Crippen LogP contribution is 2.35. The monoisotopic (exact) mass is 406 g/mol. The van der Waals surface area contributed by atoms with Gasteiger partial charge >= 0.3 is 0 Å². The number of hydrogen-bond donors (Lipinski definition) is 2. The normalized spacial score (nSPS) is 15.2. The summed E-state index contributed by atoms with van der Waals surface area (Å²) < 4.78 is 12.2. The summed E-state index contributed by atoms with van der Waals surface area (Å²) in [5.74, 6) is 1.01. The topological polar surface area (TPSA) is 94.5 Å². The third kappa shape index (κ3) is 3.47. The number of methoxy groups -OCH3 is 2. The maximum absolute atomic E-state index is 13.2. The number of aromatic nitrogens is 2. The predicted octanol–water partition coefficient (Wildman–Crippen LogP) is 3.40. The first-order valence-corrected chi connectivity index (χ1v) is 9.49. The zero-order valence-corrected chi connectivity index (χ0v) is 16.9. The van der Waals surface area contributed by atoms with E-state index < -0.39 is 6.04 Å². The number of carbonyl (C=O) groups is 2. The average Bonchev–Trinajstić information content (AvgIpc) is 3.10. The molecule has 154 valence electrons. The van der Waals surface area contributed by atoms with Crippen LogP contribution >= 0.6 is 0 Å². The van der Waals surface area contributed by atoms with E-state index in [1.807, 2.05) is 37.3 Å². The van der Waals surface area contributed by atoms with Gasteiger partial charge in [-0.1, -0.05) is 30.3 Å². The minimum atomic E-state index is -0.791. The van der Waals surface area contributed by atoms with Crippen molar-refractivity contribution in [2.45, 2.75) is 19.4 Å². The van der Waals surface area contributed by atoms with E-state index in [-0.39, 0.29) is 18.2 Å². The van der Waals surface area contributed by atoms with Gasteiger partial charge in [-0.05, 0) is 19.1 Å². The molecule has 30 heavy (non-hydrogen) atoms. The average molecular weight is 406 g/mol. The zero-order chi connectivity index (χ0) is 21.3. The van der Waals surface area contributed by atoms with Crippen LogP contribution in [-0.4, -0.2) is 35.8 Å². The molecule has 8 heteroatoms. The maximum Gasteiger partial charge on any atom is 0.249 e. The van der Waals surface area contributed by atoms with E-state index in [9.17, 15) is 9.59 Å². The molecule has 2 heterocycles. The number of ether oxygens (including phenoxy) is 2. The Labute approximate surface area is 173 Å². The highest BCUT2D eigenvalue weighted by atomic mass is 16.5. The molecule has 0 saturated carbocycles. The van der Waals surface area contributed by atoms with Crippen LogP contribution in [0.4, 0.5) is 11.5 Å². The Balaban J connectivity index is 1.70. The van der Waals surface area contributed by atoms with Gasteiger partial charge in [0.1, 0.15) is 23.4 Å². The largest absolute Gasteiger partial charge is 0.497 e. The Morgan fingerprint density at radius 3 is 2.63 bits per heavy atom. The van der Waals surface area contributed by atoms with Crippen molar-refractivity contribution in [2.24, 2.45) is 0 Å². The van der Waals surface area contributed by atoms with Gasteiger partial charge in [0.05, 0.1) is 32.0 Å². The molecule has 8 nitrogen and oxygen atoms in total. The van der Waals surface area contributed by atoms with Crippen LogP contribution in [0.2, 0.25) is 0 Å². The lowest BCUT2D eigenvalue weighted by Gasteiger charge is -2.24. The van der Waals surface area contributed by atoms with E-state index in [1.165, 1.54) is 7.11 Å². The molecule has 0 unspecified atom stereocenters. The van der Waals surface area contributed by atoms with E-state index in [0.29, 0.717) is 23.0 Å². The summed E-state index contributed by atoms with van der Waals surface area (Å²) >= 11 is 0. The number of nitrogens with zero attached hydrogens (tertiary/aromatic N) is 2. The number of anilines is 2. The molecular weight excluding hydrogens is 384 g/mol. The lowest BCUT2D eigenvalue weighted by Crippen LogP contribution is -2.36. The number of amides is 2. The van der Waals surface area contributed by atoms with Crippen LogP contribution in [0.15, 0.2) is 48.5 Å². The number of fused-ring (bicyclic) bond motifs is 1. The summed E-state index contributed by atoms with van der Waals surface area (Å²) in [5.41, 5.74) is 2.91. The highest BCUT2D eigenvalue weighted by molar-refractivity contribution is 6.02. The summed E-state index contributed by atoms with van der Waals surface area (Å²) in [6.45, 7) is 1.88. The van der Waals surface area contributed by atoms with Crippen molar-refractivity contribution in [1.29, 1.82) is 0 Å².